The zero-order valence-corrected chi connectivity index (χ0v) is 21.0. The highest BCUT2D eigenvalue weighted by Crippen LogP contribution is 2.33. The number of carbonyl (C=O) groups is 2. The highest BCUT2D eigenvalue weighted by molar-refractivity contribution is 7.92. The van der Waals surface area contributed by atoms with Crippen molar-refractivity contribution < 1.29 is 27.5 Å². The Labute approximate surface area is 209 Å². The second-order valence-electron chi connectivity index (χ2n) is 8.04. The van der Waals surface area contributed by atoms with E-state index in [4.69, 9.17) is 9.47 Å². The van der Waals surface area contributed by atoms with Gasteiger partial charge in [-0.2, -0.15) is 0 Å². The number of benzene rings is 3. The lowest BCUT2D eigenvalue weighted by atomic mass is 10.2. The minimum absolute atomic E-state index is 0.0415. The van der Waals surface area contributed by atoms with E-state index in [1.807, 2.05) is 6.92 Å². The third-order valence-electron chi connectivity index (χ3n) is 5.71. The van der Waals surface area contributed by atoms with Crippen LogP contribution in [-0.4, -0.2) is 45.1 Å². The van der Waals surface area contributed by atoms with Gasteiger partial charge in [-0.15, -0.1) is 0 Å². The van der Waals surface area contributed by atoms with E-state index in [-0.39, 0.29) is 16.1 Å². The van der Waals surface area contributed by atoms with Crippen LogP contribution in [0.15, 0.2) is 83.9 Å². The number of fused-ring (bicyclic) bond motifs is 1. The van der Waals surface area contributed by atoms with Crippen LogP contribution in [0, 0.1) is 6.92 Å². The molecule has 3 aromatic carbocycles. The summed E-state index contributed by atoms with van der Waals surface area (Å²) in [4.78, 5) is 26.0. The second kappa shape index (κ2) is 10.2. The van der Waals surface area contributed by atoms with Crippen molar-refractivity contribution in [1.82, 2.24) is 4.57 Å². The first-order valence-electron chi connectivity index (χ1n) is 11.3. The summed E-state index contributed by atoms with van der Waals surface area (Å²) >= 11 is 0. The van der Waals surface area contributed by atoms with Gasteiger partial charge in [0, 0.05) is 11.6 Å². The van der Waals surface area contributed by atoms with Crippen LogP contribution >= 0.6 is 0 Å². The Kier molecular flexibility index (Phi) is 7.12. The summed E-state index contributed by atoms with van der Waals surface area (Å²) in [5.41, 5.74) is 1.82. The summed E-state index contributed by atoms with van der Waals surface area (Å²) in [6.07, 6.45) is 1.38. The zero-order valence-electron chi connectivity index (χ0n) is 20.2. The van der Waals surface area contributed by atoms with Crippen molar-refractivity contribution in [3.05, 3.63) is 90.1 Å². The van der Waals surface area contributed by atoms with E-state index < -0.39 is 28.4 Å². The van der Waals surface area contributed by atoms with Gasteiger partial charge in [0.15, 0.2) is 0 Å². The van der Waals surface area contributed by atoms with Gasteiger partial charge in [0.25, 0.3) is 15.9 Å². The predicted octanol–water partition coefficient (Wildman–Crippen LogP) is 4.67. The molecule has 4 rings (SSSR count). The Morgan fingerprint density at radius 2 is 1.61 bits per heavy atom. The van der Waals surface area contributed by atoms with Crippen LogP contribution in [-0.2, 0) is 14.8 Å². The average Bonchev–Trinajstić information content (AvgIpc) is 3.27. The van der Waals surface area contributed by atoms with E-state index in [1.165, 1.54) is 30.0 Å². The molecule has 0 radical (unpaired) electrons. The van der Waals surface area contributed by atoms with E-state index in [0.29, 0.717) is 23.3 Å². The number of hydrogen-bond acceptors (Lipinski definition) is 6. The minimum atomic E-state index is -4.15. The minimum Gasteiger partial charge on any atom is -0.492 e. The summed E-state index contributed by atoms with van der Waals surface area (Å²) in [6.45, 7) is 3.44. The van der Waals surface area contributed by atoms with Gasteiger partial charge < -0.3 is 9.47 Å². The molecule has 0 bridgehead atoms. The number of hydrogen-bond donors (Lipinski definition) is 0. The molecule has 8 nitrogen and oxygen atoms in total. The molecule has 0 saturated heterocycles. The Morgan fingerprint density at radius 1 is 0.944 bits per heavy atom. The van der Waals surface area contributed by atoms with E-state index in [1.54, 1.807) is 67.6 Å². The van der Waals surface area contributed by atoms with E-state index in [2.05, 4.69) is 0 Å². The topological polar surface area (TPSA) is 94.9 Å². The fourth-order valence-corrected chi connectivity index (χ4v) is 5.36. The molecule has 0 aliphatic heterocycles. The molecule has 0 aliphatic rings. The Bertz CT molecular complexity index is 1520. The Hall–Kier alpha value is -4.11. The number of nitrogens with zero attached hydrogens (tertiary/aromatic N) is 2. The standard InChI is InChI=1S/C27H26N2O6S/c1-4-35-25-12-8-7-11-24(25)29(36(32,33)20-15-13-19(2)14-16-20)18-26(30)28-17-22(27(31)34-3)21-9-5-6-10-23(21)28/h5-17H,4,18H2,1-3H3. The normalized spacial score (nSPS) is 11.3. The van der Waals surface area contributed by atoms with Crippen LogP contribution in [0.25, 0.3) is 10.9 Å². The molecule has 0 unspecified atom stereocenters. The average molecular weight is 507 g/mol. The number of para-hydroxylation sites is 3. The maximum absolute atomic E-state index is 13.8. The Balaban J connectivity index is 1.84. The predicted molar refractivity (Wildman–Crippen MR) is 137 cm³/mol. The van der Waals surface area contributed by atoms with Crippen molar-refractivity contribution >= 4 is 38.5 Å². The van der Waals surface area contributed by atoms with Gasteiger partial charge >= 0.3 is 5.97 Å². The lowest BCUT2D eigenvalue weighted by Gasteiger charge is -2.26. The van der Waals surface area contributed by atoms with Crippen molar-refractivity contribution in [2.75, 3.05) is 24.6 Å². The fraction of sp³-hybridized carbons (Fsp3) is 0.185. The number of carbonyl (C=O) groups excluding carboxylic acids is 2. The monoisotopic (exact) mass is 506 g/mol. The number of esters is 1. The molecule has 0 spiro atoms. The fourth-order valence-electron chi connectivity index (χ4n) is 3.94. The zero-order chi connectivity index (χ0) is 25.9. The van der Waals surface area contributed by atoms with Gasteiger partial charge in [-0.25, -0.2) is 13.2 Å². The van der Waals surface area contributed by atoms with Crippen molar-refractivity contribution in [2.45, 2.75) is 18.7 Å². The van der Waals surface area contributed by atoms with Gasteiger partial charge in [0.1, 0.15) is 12.3 Å². The van der Waals surface area contributed by atoms with E-state index >= 15 is 0 Å². The largest absolute Gasteiger partial charge is 0.492 e. The molecule has 0 fully saturated rings. The molecule has 4 aromatic rings. The number of sulfonamides is 1. The molecule has 186 valence electrons. The first-order chi connectivity index (χ1) is 17.3. The molecule has 36 heavy (non-hydrogen) atoms. The molecule has 0 amide bonds. The third-order valence-corrected chi connectivity index (χ3v) is 7.48. The van der Waals surface area contributed by atoms with Gasteiger partial charge in [-0.05, 0) is 44.2 Å². The molecule has 9 heteroatoms. The number of rotatable bonds is 8. The molecule has 0 atom stereocenters. The highest BCUT2D eigenvalue weighted by atomic mass is 32.2. The van der Waals surface area contributed by atoms with Gasteiger partial charge in [-0.1, -0.05) is 48.0 Å². The summed E-state index contributed by atoms with van der Waals surface area (Å²) in [7, 11) is -2.89. The first-order valence-corrected chi connectivity index (χ1v) is 12.7. The molecular weight excluding hydrogens is 480 g/mol. The lowest BCUT2D eigenvalue weighted by Crippen LogP contribution is -2.38. The van der Waals surface area contributed by atoms with Gasteiger partial charge in [0.2, 0.25) is 0 Å². The summed E-state index contributed by atoms with van der Waals surface area (Å²) in [5.74, 6) is -0.817. The van der Waals surface area contributed by atoms with Gasteiger partial charge in [0.05, 0.1) is 35.4 Å². The van der Waals surface area contributed by atoms with Crippen molar-refractivity contribution in [3.8, 4) is 5.75 Å². The first kappa shape index (κ1) is 25.0. The smallest absolute Gasteiger partial charge is 0.340 e. The number of aromatic nitrogens is 1. The number of methoxy groups -OCH3 is 1. The van der Waals surface area contributed by atoms with Crippen LogP contribution < -0.4 is 9.04 Å². The molecule has 1 heterocycles. The molecule has 0 N–H and O–H groups in total. The molecule has 1 aromatic heterocycles. The van der Waals surface area contributed by atoms with E-state index in [0.717, 1.165) is 9.87 Å². The lowest BCUT2D eigenvalue weighted by molar-refractivity contribution is 0.0603. The van der Waals surface area contributed by atoms with Crippen LogP contribution in [0.2, 0.25) is 0 Å². The van der Waals surface area contributed by atoms with Crippen LogP contribution in [0.3, 0.4) is 0 Å². The van der Waals surface area contributed by atoms with E-state index in [9.17, 15) is 18.0 Å². The van der Waals surface area contributed by atoms with Crippen molar-refractivity contribution in [3.63, 3.8) is 0 Å². The highest BCUT2D eigenvalue weighted by Gasteiger charge is 2.30. The van der Waals surface area contributed by atoms with Crippen LogP contribution in [0.1, 0.15) is 27.6 Å². The maximum atomic E-state index is 13.8. The second-order valence-corrected chi connectivity index (χ2v) is 9.90. The quantitative estimate of drug-likeness (QED) is 0.322. The number of ether oxygens (including phenoxy) is 2. The molecular formula is C27H26N2O6S. The van der Waals surface area contributed by atoms with Gasteiger partial charge in [-0.3, -0.25) is 13.7 Å². The molecule has 0 saturated carbocycles. The molecule has 0 aliphatic carbocycles. The summed E-state index contributed by atoms with van der Waals surface area (Å²) < 4.78 is 40.5. The van der Waals surface area contributed by atoms with Crippen molar-refractivity contribution in [1.29, 1.82) is 0 Å². The SMILES string of the molecule is CCOc1ccccc1N(CC(=O)n1cc(C(=O)OC)c2ccccc21)S(=O)(=O)c1ccc(C)cc1. The Morgan fingerprint density at radius 3 is 2.31 bits per heavy atom. The maximum Gasteiger partial charge on any atom is 0.340 e. The van der Waals surface area contributed by atoms with Crippen LogP contribution in [0.5, 0.6) is 5.75 Å². The third kappa shape index (κ3) is 4.70. The number of anilines is 1. The summed E-state index contributed by atoms with van der Waals surface area (Å²) in [6, 6.07) is 19.9. The number of aryl methyl sites for hydroxylation is 1. The summed E-state index contributed by atoms with van der Waals surface area (Å²) in [5, 5.41) is 0.528. The van der Waals surface area contributed by atoms with Crippen LogP contribution in [0.4, 0.5) is 5.69 Å². The van der Waals surface area contributed by atoms with Crippen molar-refractivity contribution in [2.24, 2.45) is 0 Å².